The average molecular weight is 439 g/mol. The van der Waals surface area contributed by atoms with Crippen LogP contribution in [-0.2, 0) is 4.79 Å². The van der Waals surface area contributed by atoms with E-state index in [0.29, 0.717) is 47.5 Å². The monoisotopic (exact) mass is 438 g/mol. The van der Waals surface area contributed by atoms with Gasteiger partial charge in [0.25, 0.3) is 5.91 Å². The first-order valence-corrected chi connectivity index (χ1v) is 10.7. The second kappa shape index (κ2) is 9.31. The van der Waals surface area contributed by atoms with Crippen molar-refractivity contribution in [3.8, 4) is 11.4 Å². The van der Waals surface area contributed by atoms with Crippen LogP contribution in [0.25, 0.3) is 11.4 Å². The van der Waals surface area contributed by atoms with Crippen LogP contribution in [-0.4, -0.2) is 39.9 Å². The van der Waals surface area contributed by atoms with Crippen molar-refractivity contribution in [2.75, 3.05) is 18.4 Å². The van der Waals surface area contributed by atoms with Gasteiger partial charge in [-0.1, -0.05) is 35.8 Å². The third-order valence-corrected chi connectivity index (χ3v) is 5.64. The summed E-state index contributed by atoms with van der Waals surface area (Å²) in [6.07, 6.45) is 1.93. The third kappa shape index (κ3) is 4.94. The van der Waals surface area contributed by atoms with E-state index in [-0.39, 0.29) is 17.7 Å². The number of amides is 2. The molecule has 0 bridgehead atoms. The van der Waals surface area contributed by atoms with Crippen molar-refractivity contribution in [3.63, 3.8) is 0 Å². The van der Waals surface area contributed by atoms with Crippen molar-refractivity contribution < 1.29 is 14.1 Å². The van der Waals surface area contributed by atoms with E-state index in [0.717, 1.165) is 18.4 Å². The largest absolute Gasteiger partial charge is 0.339 e. The zero-order valence-electron chi connectivity index (χ0n) is 17.2. The average Bonchev–Trinajstić information content (AvgIpc) is 3.30. The van der Waals surface area contributed by atoms with Gasteiger partial charge in [-0.15, -0.1) is 0 Å². The predicted octanol–water partition coefficient (Wildman–Crippen LogP) is 4.76. The highest BCUT2D eigenvalue weighted by Gasteiger charge is 2.28. The summed E-state index contributed by atoms with van der Waals surface area (Å²) in [7, 11) is 0. The minimum atomic E-state index is -0.0501. The number of hydrogen-bond donors (Lipinski definition) is 1. The number of likely N-dealkylation sites (tertiary alicyclic amines) is 1. The molecule has 0 radical (unpaired) electrons. The van der Waals surface area contributed by atoms with Crippen molar-refractivity contribution >= 4 is 29.1 Å². The van der Waals surface area contributed by atoms with Gasteiger partial charge in [0.1, 0.15) is 0 Å². The fourth-order valence-corrected chi connectivity index (χ4v) is 3.73. The van der Waals surface area contributed by atoms with Crippen LogP contribution in [0.4, 0.5) is 5.69 Å². The van der Waals surface area contributed by atoms with Crippen molar-refractivity contribution in [2.24, 2.45) is 0 Å². The number of benzene rings is 2. The number of aromatic nitrogens is 2. The van der Waals surface area contributed by atoms with E-state index in [2.05, 4.69) is 15.5 Å². The molecule has 160 valence electrons. The molecule has 0 spiro atoms. The standard InChI is InChI=1S/C23H23ClN4O3/c1-2-20(29)25-19-5-3-4-17(14-19)21-26-22(31-27-21)15-10-12-28(13-11-15)23(30)16-6-8-18(24)9-7-16/h3-9,14-15H,2,10-13H2,1H3,(H,25,29). The van der Waals surface area contributed by atoms with Crippen LogP contribution < -0.4 is 5.32 Å². The lowest BCUT2D eigenvalue weighted by Gasteiger charge is -2.30. The Morgan fingerprint density at radius 1 is 1.16 bits per heavy atom. The number of rotatable bonds is 5. The first-order chi connectivity index (χ1) is 15.0. The molecular weight excluding hydrogens is 416 g/mol. The Morgan fingerprint density at radius 3 is 2.61 bits per heavy atom. The minimum absolute atomic E-state index is 0.00674. The van der Waals surface area contributed by atoms with Gasteiger partial charge >= 0.3 is 0 Å². The molecule has 4 rings (SSSR count). The van der Waals surface area contributed by atoms with Gasteiger partial charge in [0.2, 0.25) is 17.6 Å². The van der Waals surface area contributed by atoms with Crippen molar-refractivity contribution in [1.29, 1.82) is 0 Å². The predicted molar refractivity (Wildman–Crippen MR) is 118 cm³/mol. The third-order valence-electron chi connectivity index (χ3n) is 5.39. The molecule has 0 saturated carbocycles. The minimum Gasteiger partial charge on any atom is -0.339 e. The number of carbonyl (C=O) groups excluding carboxylic acids is 2. The number of piperidine rings is 1. The molecule has 2 aromatic carbocycles. The van der Waals surface area contributed by atoms with Crippen molar-refractivity contribution in [3.05, 3.63) is 65.0 Å². The second-order valence-electron chi connectivity index (χ2n) is 7.51. The van der Waals surface area contributed by atoms with Crippen LogP contribution in [0.15, 0.2) is 53.1 Å². The molecule has 31 heavy (non-hydrogen) atoms. The van der Waals surface area contributed by atoms with E-state index < -0.39 is 0 Å². The molecule has 3 aromatic rings. The SMILES string of the molecule is CCC(=O)Nc1cccc(-c2noc(C3CCN(C(=O)c4ccc(Cl)cc4)CC3)n2)c1. The molecule has 0 atom stereocenters. The molecule has 1 N–H and O–H groups in total. The summed E-state index contributed by atoms with van der Waals surface area (Å²) in [4.78, 5) is 30.7. The van der Waals surface area contributed by atoms with Crippen LogP contribution in [0.1, 0.15) is 48.4 Å². The first kappa shape index (κ1) is 21.1. The Kier molecular flexibility index (Phi) is 6.32. The zero-order valence-corrected chi connectivity index (χ0v) is 17.9. The van der Waals surface area contributed by atoms with Crippen LogP contribution in [0.3, 0.4) is 0 Å². The quantitative estimate of drug-likeness (QED) is 0.620. The molecule has 1 saturated heterocycles. The number of halogens is 1. The summed E-state index contributed by atoms with van der Waals surface area (Å²) in [5.74, 6) is 1.13. The molecule has 7 nitrogen and oxygen atoms in total. The highest BCUT2D eigenvalue weighted by Crippen LogP contribution is 2.30. The molecule has 0 aliphatic carbocycles. The highest BCUT2D eigenvalue weighted by atomic mass is 35.5. The maximum atomic E-state index is 12.7. The van der Waals surface area contributed by atoms with Crippen LogP contribution in [0.5, 0.6) is 0 Å². The summed E-state index contributed by atoms with van der Waals surface area (Å²) in [6, 6.07) is 14.3. The zero-order chi connectivity index (χ0) is 21.8. The smallest absolute Gasteiger partial charge is 0.253 e. The normalized spacial score (nSPS) is 14.5. The van der Waals surface area contributed by atoms with Crippen molar-refractivity contribution in [2.45, 2.75) is 32.1 Å². The summed E-state index contributed by atoms with van der Waals surface area (Å²) < 4.78 is 5.53. The maximum absolute atomic E-state index is 12.7. The second-order valence-corrected chi connectivity index (χ2v) is 7.95. The molecule has 1 aliphatic heterocycles. The Balaban J connectivity index is 1.39. The molecule has 2 heterocycles. The Hall–Kier alpha value is -3.19. The highest BCUT2D eigenvalue weighted by molar-refractivity contribution is 6.30. The van der Waals surface area contributed by atoms with E-state index in [1.807, 2.05) is 29.2 Å². The summed E-state index contributed by atoms with van der Waals surface area (Å²) >= 11 is 5.91. The van der Waals surface area contributed by atoms with E-state index in [1.165, 1.54) is 0 Å². The molecule has 1 fully saturated rings. The van der Waals surface area contributed by atoms with Gasteiger partial charge in [0, 0.05) is 47.3 Å². The van der Waals surface area contributed by atoms with E-state index >= 15 is 0 Å². The molecule has 1 aliphatic rings. The van der Waals surface area contributed by atoms with Gasteiger partial charge in [-0.25, -0.2) is 0 Å². The lowest BCUT2D eigenvalue weighted by molar-refractivity contribution is -0.115. The summed E-state index contributed by atoms with van der Waals surface area (Å²) in [5, 5.41) is 7.57. The lowest BCUT2D eigenvalue weighted by Crippen LogP contribution is -2.37. The molecule has 1 aromatic heterocycles. The Bertz CT molecular complexity index is 1070. The fraction of sp³-hybridized carbons (Fsp3) is 0.304. The van der Waals surface area contributed by atoms with Gasteiger partial charge in [0.05, 0.1) is 0 Å². The first-order valence-electron chi connectivity index (χ1n) is 10.3. The lowest BCUT2D eigenvalue weighted by atomic mass is 9.96. The van der Waals surface area contributed by atoms with Gasteiger partial charge in [-0.2, -0.15) is 4.98 Å². The number of carbonyl (C=O) groups is 2. The Labute approximate surface area is 185 Å². The number of nitrogens with one attached hydrogen (secondary N) is 1. The number of anilines is 1. The molecule has 2 amide bonds. The van der Waals surface area contributed by atoms with Gasteiger partial charge in [-0.3, -0.25) is 9.59 Å². The summed E-state index contributed by atoms with van der Waals surface area (Å²) in [5.41, 5.74) is 2.11. The molecule has 8 heteroatoms. The topological polar surface area (TPSA) is 88.3 Å². The molecule has 0 unspecified atom stereocenters. The number of hydrogen-bond acceptors (Lipinski definition) is 5. The van der Waals surface area contributed by atoms with Crippen molar-refractivity contribution in [1.82, 2.24) is 15.0 Å². The Morgan fingerprint density at radius 2 is 1.90 bits per heavy atom. The van der Waals surface area contributed by atoms with Gasteiger partial charge in [0.15, 0.2) is 0 Å². The van der Waals surface area contributed by atoms with Crippen LogP contribution >= 0.6 is 11.6 Å². The van der Waals surface area contributed by atoms with Crippen LogP contribution in [0.2, 0.25) is 5.02 Å². The van der Waals surface area contributed by atoms with Crippen LogP contribution in [0, 0.1) is 0 Å². The van der Waals surface area contributed by atoms with E-state index in [4.69, 9.17) is 16.1 Å². The van der Waals surface area contributed by atoms with Gasteiger partial charge in [-0.05, 0) is 49.2 Å². The van der Waals surface area contributed by atoms with E-state index in [9.17, 15) is 9.59 Å². The molecular formula is C23H23ClN4O3. The van der Waals surface area contributed by atoms with E-state index in [1.54, 1.807) is 31.2 Å². The maximum Gasteiger partial charge on any atom is 0.253 e. The fourth-order valence-electron chi connectivity index (χ4n) is 3.61. The summed E-state index contributed by atoms with van der Waals surface area (Å²) in [6.45, 7) is 3.06. The van der Waals surface area contributed by atoms with Gasteiger partial charge < -0.3 is 14.7 Å². The number of nitrogens with zero attached hydrogens (tertiary/aromatic N) is 3.